The molecule has 0 bridgehead atoms. The van der Waals surface area contributed by atoms with Gasteiger partial charge >= 0.3 is 0 Å². The van der Waals surface area contributed by atoms with Crippen LogP contribution in [0.25, 0.3) is 11.6 Å². The summed E-state index contributed by atoms with van der Waals surface area (Å²) in [6, 6.07) is 10.5. The van der Waals surface area contributed by atoms with Crippen molar-refractivity contribution in [3.05, 3.63) is 47.2 Å². The smallest absolute Gasteiger partial charge is 0.251 e. The zero-order chi connectivity index (χ0) is 22.5. The van der Waals surface area contributed by atoms with Crippen LogP contribution in [-0.2, 0) is 16.1 Å². The Morgan fingerprint density at radius 3 is 2.59 bits per heavy atom. The Hall–Kier alpha value is -3.20. The van der Waals surface area contributed by atoms with E-state index in [1.54, 1.807) is 36.4 Å². The van der Waals surface area contributed by atoms with Crippen molar-refractivity contribution in [1.29, 1.82) is 0 Å². The minimum Gasteiger partial charge on any atom is -0.458 e. The summed E-state index contributed by atoms with van der Waals surface area (Å²) in [5, 5.41) is 15.7. The number of rotatable bonds is 7. The third kappa shape index (κ3) is 5.53. The van der Waals surface area contributed by atoms with Crippen molar-refractivity contribution in [2.24, 2.45) is 0 Å². The summed E-state index contributed by atoms with van der Waals surface area (Å²) in [4.78, 5) is 28.5. The minimum atomic E-state index is -0.342. The minimum absolute atomic E-state index is 0.101. The van der Waals surface area contributed by atoms with Gasteiger partial charge < -0.3 is 14.6 Å². The highest BCUT2D eigenvalue weighted by Crippen LogP contribution is 2.20. The number of carbonyl (C=O) groups is 2. The van der Waals surface area contributed by atoms with Crippen LogP contribution in [0.15, 0.2) is 40.8 Å². The molecular formula is C22H25ClN6O3. The molecule has 32 heavy (non-hydrogen) atoms. The maximum absolute atomic E-state index is 13.1. The molecule has 1 N–H and O–H groups in total. The number of benzene rings is 1. The molecule has 1 fully saturated rings. The predicted molar refractivity (Wildman–Crippen MR) is 119 cm³/mol. The van der Waals surface area contributed by atoms with Gasteiger partial charge in [-0.3, -0.25) is 9.59 Å². The predicted octanol–water partition coefficient (Wildman–Crippen LogP) is 3.38. The number of anilines is 1. The lowest BCUT2D eigenvalue weighted by molar-refractivity contribution is -0.124. The van der Waals surface area contributed by atoms with E-state index in [2.05, 4.69) is 20.7 Å². The van der Waals surface area contributed by atoms with Crippen LogP contribution in [0, 0.1) is 6.92 Å². The van der Waals surface area contributed by atoms with Crippen molar-refractivity contribution >= 4 is 29.1 Å². The number of halogens is 1. The highest BCUT2D eigenvalue weighted by molar-refractivity contribution is 6.30. The molecule has 2 aromatic heterocycles. The number of hydrogen-bond acceptors (Lipinski definition) is 6. The van der Waals surface area contributed by atoms with Gasteiger partial charge in [0.25, 0.3) is 5.91 Å². The molecule has 2 amide bonds. The summed E-state index contributed by atoms with van der Waals surface area (Å²) in [5.74, 6) is 0.955. The van der Waals surface area contributed by atoms with E-state index in [4.69, 9.17) is 16.0 Å². The van der Waals surface area contributed by atoms with Crippen LogP contribution in [-0.4, -0.2) is 44.6 Å². The molecule has 0 saturated heterocycles. The lowest BCUT2D eigenvalue weighted by Gasteiger charge is -2.26. The van der Waals surface area contributed by atoms with Crippen LogP contribution in [0.5, 0.6) is 0 Å². The van der Waals surface area contributed by atoms with Crippen molar-refractivity contribution in [2.75, 3.05) is 11.4 Å². The van der Waals surface area contributed by atoms with Crippen molar-refractivity contribution < 1.29 is 14.0 Å². The largest absolute Gasteiger partial charge is 0.458 e. The number of furan rings is 1. The van der Waals surface area contributed by atoms with Crippen LogP contribution in [0.3, 0.4) is 0 Å². The quantitative estimate of drug-likeness (QED) is 0.584. The fourth-order valence-electron chi connectivity index (χ4n) is 3.78. The number of aryl methyl sites for hydroxylation is 1. The van der Waals surface area contributed by atoms with Gasteiger partial charge in [0.2, 0.25) is 11.7 Å². The van der Waals surface area contributed by atoms with Gasteiger partial charge in [0.15, 0.2) is 5.76 Å². The van der Waals surface area contributed by atoms with Crippen LogP contribution in [0.2, 0.25) is 5.02 Å². The number of aromatic nitrogens is 4. The monoisotopic (exact) mass is 456 g/mol. The molecule has 0 aliphatic heterocycles. The maximum atomic E-state index is 13.1. The zero-order valence-corrected chi connectivity index (χ0v) is 18.6. The number of nitrogens with one attached hydrogen (secondary N) is 1. The number of tetrazole rings is 1. The van der Waals surface area contributed by atoms with E-state index in [9.17, 15) is 9.59 Å². The number of amides is 2. The Balaban J connectivity index is 1.47. The first-order valence-electron chi connectivity index (χ1n) is 10.7. The molecule has 1 aliphatic rings. The van der Waals surface area contributed by atoms with Crippen molar-refractivity contribution in [3.63, 3.8) is 0 Å². The van der Waals surface area contributed by atoms with Gasteiger partial charge in [0.05, 0.1) is 0 Å². The number of hydrogen-bond donors (Lipinski definition) is 1. The molecule has 0 spiro atoms. The van der Waals surface area contributed by atoms with Crippen LogP contribution in [0.4, 0.5) is 5.69 Å². The van der Waals surface area contributed by atoms with Crippen LogP contribution < -0.4 is 10.2 Å². The molecule has 9 nitrogen and oxygen atoms in total. The Kier molecular flexibility index (Phi) is 6.84. The van der Waals surface area contributed by atoms with Gasteiger partial charge in [-0.1, -0.05) is 30.9 Å². The Morgan fingerprint density at radius 2 is 1.91 bits per heavy atom. The number of carbonyl (C=O) groups excluding carboxylic acids is 2. The lowest BCUT2D eigenvalue weighted by Crippen LogP contribution is -2.45. The van der Waals surface area contributed by atoms with Gasteiger partial charge in [-0.05, 0) is 61.4 Å². The first-order chi connectivity index (χ1) is 15.5. The molecule has 10 heteroatoms. The van der Waals surface area contributed by atoms with Gasteiger partial charge in [0.1, 0.15) is 18.8 Å². The van der Waals surface area contributed by atoms with E-state index >= 15 is 0 Å². The summed E-state index contributed by atoms with van der Waals surface area (Å²) in [6.07, 6.45) is 5.36. The van der Waals surface area contributed by atoms with Gasteiger partial charge in [-0.25, -0.2) is 0 Å². The highest BCUT2D eigenvalue weighted by atomic mass is 35.5. The van der Waals surface area contributed by atoms with E-state index < -0.39 is 0 Å². The Morgan fingerprint density at radius 1 is 1.16 bits per heavy atom. The number of nitrogens with zero attached hydrogens (tertiary/aromatic N) is 5. The summed E-state index contributed by atoms with van der Waals surface area (Å²) < 4.78 is 5.50. The van der Waals surface area contributed by atoms with Gasteiger partial charge in [-0.15, -0.1) is 10.2 Å². The highest BCUT2D eigenvalue weighted by Gasteiger charge is 2.23. The molecule has 4 rings (SSSR count). The fraction of sp³-hybridized carbons (Fsp3) is 0.409. The molecule has 0 radical (unpaired) electrons. The van der Waals surface area contributed by atoms with Crippen molar-refractivity contribution in [1.82, 2.24) is 25.5 Å². The van der Waals surface area contributed by atoms with Crippen molar-refractivity contribution in [3.8, 4) is 11.6 Å². The molecule has 1 aliphatic carbocycles. The maximum Gasteiger partial charge on any atom is 0.251 e. The Bertz CT molecular complexity index is 1070. The second-order valence-electron chi connectivity index (χ2n) is 7.91. The zero-order valence-electron chi connectivity index (χ0n) is 17.8. The second-order valence-corrected chi connectivity index (χ2v) is 8.35. The first kappa shape index (κ1) is 22.0. The van der Waals surface area contributed by atoms with Crippen molar-refractivity contribution in [2.45, 2.75) is 51.6 Å². The van der Waals surface area contributed by atoms with Crippen LogP contribution in [0.1, 0.15) is 37.9 Å². The molecule has 0 unspecified atom stereocenters. The summed E-state index contributed by atoms with van der Waals surface area (Å²) in [7, 11) is 0. The first-order valence-corrected chi connectivity index (χ1v) is 11.1. The fourth-order valence-corrected chi connectivity index (χ4v) is 3.90. The molecule has 168 valence electrons. The SMILES string of the molecule is Cc1ccc(-c2nnn(CC(=O)N(CC(=O)NC3CCCCC3)c3ccc(Cl)cc3)n2)o1. The van der Waals surface area contributed by atoms with Gasteiger partial charge in [0, 0.05) is 16.8 Å². The third-order valence-corrected chi connectivity index (χ3v) is 5.65. The van der Waals surface area contributed by atoms with Crippen LogP contribution >= 0.6 is 11.6 Å². The molecule has 0 atom stereocenters. The summed E-state index contributed by atoms with van der Waals surface area (Å²) >= 11 is 6.00. The average molecular weight is 457 g/mol. The third-order valence-electron chi connectivity index (χ3n) is 5.40. The summed E-state index contributed by atoms with van der Waals surface area (Å²) in [6.45, 7) is 1.54. The normalized spacial score (nSPS) is 14.3. The molecule has 1 saturated carbocycles. The molecule has 3 aromatic rings. The van der Waals surface area contributed by atoms with E-state index in [1.807, 2.05) is 6.92 Å². The topological polar surface area (TPSA) is 106 Å². The molecule has 1 aromatic carbocycles. The van der Waals surface area contributed by atoms with Gasteiger partial charge in [-0.2, -0.15) is 4.80 Å². The molecule has 2 heterocycles. The second kappa shape index (κ2) is 9.95. The molecular weight excluding hydrogens is 432 g/mol. The van der Waals surface area contributed by atoms with E-state index in [1.165, 1.54) is 16.1 Å². The standard InChI is InChI=1S/C22H25ClN6O3/c1-15-7-12-19(32-15)22-25-27-29(26-22)14-21(31)28(18-10-8-16(23)9-11-18)13-20(30)24-17-5-3-2-4-6-17/h7-12,17H,2-6,13-14H2,1H3,(H,24,30). The average Bonchev–Trinajstić information content (AvgIpc) is 3.42. The Labute approximate surface area is 190 Å². The van der Waals surface area contributed by atoms with E-state index in [0.717, 1.165) is 31.4 Å². The summed E-state index contributed by atoms with van der Waals surface area (Å²) in [5.41, 5.74) is 0.570. The van der Waals surface area contributed by atoms with E-state index in [0.29, 0.717) is 22.3 Å². The van der Waals surface area contributed by atoms with E-state index in [-0.39, 0.29) is 30.9 Å². The lowest BCUT2D eigenvalue weighted by atomic mass is 9.95.